The molecule has 0 saturated carbocycles. The molecule has 2 rings (SSSR count). The second-order valence-corrected chi connectivity index (χ2v) is 5.74. The van der Waals surface area contributed by atoms with Crippen LogP contribution in [0.5, 0.6) is 11.5 Å². The third-order valence-electron chi connectivity index (χ3n) is 3.61. The van der Waals surface area contributed by atoms with Gasteiger partial charge in [0.25, 0.3) is 0 Å². The smallest absolute Gasteiger partial charge is 0.127 e. The predicted molar refractivity (Wildman–Crippen MR) is 97.6 cm³/mol. The molecule has 2 aromatic carbocycles. The average Bonchev–Trinajstić information content (AvgIpc) is 2.57. The standard InChI is InChI=1S/C18H25N5O/c1-22(2)13-12-18(23(20)21-14-19)15-8-10-17(11-9-15)24-16-6-4-3-5-7-16/h3-11,14,18H,12-13,20H2,1-2H3,(H2,19,21). The van der Waals surface area contributed by atoms with Gasteiger partial charge in [-0.3, -0.25) is 0 Å². The molecule has 2 aromatic rings. The Labute approximate surface area is 143 Å². The molecule has 0 bridgehead atoms. The summed E-state index contributed by atoms with van der Waals surface area (Å²) in [6, 6.07) is 17.5. The van der Waals surface area contributed by atoms with Crippen LogP contribution in [-0.4, -0.2) is 37.0 Å². The van der Waals surface area contributed by atoms with Crippen LogP contribution in [0, 0.1) is 0 Å². The van der Waals surface area contributed by atoms with Crippen molar-refractivity contribution >= 4 is 6.34 Å². The zero-order valence-electron chi connectivity index (χ0n) is 14.2. The minimum Gasteiger partial charge on any atom is -0.457 e. The first-order valence-electron chi connectivity index (χ1n) is 7.86. The minimum atomic E-state index is -0.0574. The number of nitrogens with two attached hydrogens (primary N) is 2. The van der Waals surface area contributed by atoms with Crippen LogP contribution < -0.4 is 16.3 Å². The van der Waals surface area contributed by atoms with E-state index in [1.165, 1.54) is 11.5 Å². The molecule has 0 heterocycles. The summed E-state index contributed by atoms with van der Waals surface area (Å²) in [6.45, 7) is 0.890. The van der Waals surface area contributed by atoms with Crippen LogP contribution in [-0.2, 0) is 0 Å². The van der Waals surface area contributed by atoms with E-state index < -0.39 is 0 Å². The molecule has 1 atom stereocenters. The predicted octanol–water partition coefficient (Wildman–Crippen LogP) is 2.55. The van der Waals surface area contributed by atoms with E-state index in [0.717, 1.165) is 30.0 Å². The SMILES string of the molecule is CN(C)CCC(c1ccc(Oc2ccccc2)cc1)N(N)/N=C\N. The van der Waals surface area contributed by atoms with E-state index in [4.69, 9.17) is 16.3 Å². The largest absolute Gasteiger partial charge is 0.457 e. The van der Waals surface area contributed by atoms with E-state index in [9.17, 15) is 0 Å². The summed E-state index contributed by atoms with van der Waals surface area (Å²) >= 11 is 0. The Hall–Kier alpha value is -2.57. The van der Waals surface area contributed by atoms with Crippen molar-refractivity contribution < 1.29 is 4.74 Å². The van der Waals surface area contributed by atoms with Gasteiger partial charge in [-0.15, -0.1) is 0 Å². The van der Waals surface area contributed by atoms with Gasteiger partial charge < -0.3 is 15.4 Å². The molecule has 1 unspecified atom stereocenters. The number of ether oxygens (including phenoxy) is 1. The fourth-order valence-corrected chi connectivity index (χ4v) is 2.37. The molecule has 0 aliphatic carbocycles. The van der Waals surface area contributed by atoms with Crippen molar-refractivity contribution in [3.05, 3.63) is 60.2 Å². The lowest BCUT2D eigenvalue weighted by Crippen LogP contribution is -2.33. The molecule has 0 aliphatic rings. The second kappa shape index (κ2) is 8.90. The first kappa shape index (κ1) is 17.8. The molecule has 6 nitrogen and oxygen atoms in total. The number of para-hydroxylation sites is 1. The van der Waals surface area contributed by atoms with Gasteiger partial charge in [-0.2, -0.15) is 5.10 Å². The molecule has 0 aliphatic heterocycles. The number of benzene rings is 2. The van der Waals surface area contributed by atoms with E-state index in [2.05, 4.69) is 10.0 Å². The molecule has 24 heavy (non-hydrogen) atoms. The van der Waals surface area contributed by atoms with E-state index in [-0.39, 0.29) is 6.04 Å². The second-order valence-electron chi connectivity index (χ2n) is 5.74. The molecule has 0 radical (unpaired) electrons. The van der Waals surface area contributed by atoms with Gasteiger partial charge in [-0.25, -0.2) is 11.0 Å². The summed E-state index contributed by atoms with van der Waals surface area (Å²) in [5.74, 6) is 7.60. The van der Waals surface area contributed by atoms with E-state index in [1.54, 1.807) is 0 Å². The van der Waals surface area contributed by atoms with Gasteiger partial charge in [0.1, 0.15) is 17.8 Å². The first-order chi connectivity index (χ1) is 11.6. The maximum absolute atomic E-state index is 6.01. The maximum atomic E-state index is 6.01. The van der Waals surface area contributed by atoms with Crippen molar-refractivity contribution in [2.45, 2.75) is 12.5 Å². The lowest BCUT2D eigenvalue weighted by Gasteiger charge is -2.26. The first-order valence-corrected chi connectivity index (χ1v) is 7.86. The summed E-state index contributed by atoms with van der Waals surface area (Å²) in [5, 5.41) is 5.38. The number of hydrogen-bond donors (Lipinski definition) is 2. The Balaban J connectivity index is 2.11. The molecule has 0 aromatic heterocycles. The number of rotatable bonds is 8. The summed E-state index contributed by atoms with van der Waals surface area (Å²) in [7, 11) is 4.06. The van der Waals surface area contributed by atoms with Gasteiger partial charge >= 0.3 is 0 Å². The summed E-state index contributed by atoms with van der Waals surface area (Å²) in [4.78, 5) is 2.11. The zero-order chi connectivity index (χ0) is 17.4. The van der Waals surface area contributed by atoms with Gasteiger partial charge in [0.05, 0.1) is 6.04 Å². The van der Waals surface area contributed by atoms with Crippen LogP contribution in [0.4, 0.5) is 0 Å². The van der Waals surface area contributed by atoms with E-state index in [0.29, 0.717) is 0 Å². The maximum Gasteiger partial charge on any atom is 0.127 e. The van der Waals surface area contributed by atoms with Crippen molar-refractivity contribution in [2.75, 3.05) is 20.6 Å². The Morgan fingerprint density at radius 1 is 1.04 bits per heavy atom. The molecular weight excluding hydrogens is 302 g/mol. The third-order valence-corrected chi connectivity index (χ3v) is 3.61. The van der Waals surface area contributed by atoms with Crippen molar-refractivity contribution in [3.63, 3.8) is 0 Å². The van der Waals surface area contributed by atoms with Crippen molar-refractivity contribution in [1.29, 1.82) is 0 Å². The Kier molecular flexibility index (Phi) is 6.60. The van der Waals surface area contributed by atoms with Crippen LogP contribution in [0.1, 0.15) is 18.0 Å². The molecule has 0 spiro atoms. The van der Waals surface area contributed by atoms with Gasteiger partial charge in [-0.05, 0) is 56.9 Å². The molecule has 6 heteroatoms. The molecular formula is C18H25N5O. The zero-order valence-corrected chi connectivity index (χ0v) is 14.2. The quantitative estimate of drug-likeness (QED) is 0.337. The van der Waals surface area contributed by atoms with E-state index in [1.807, 2.05) is 68.7 Å². The molecule has 4 N–H and O–H groups in total. The van der Waals surface area contributed by atoms with Gasteiger partial charge in [0.2, 0.25) is 0 Å². The Morgan fingerprint density at radius 3 is 2.25 bits per heavy atom. The molecule has 128 valence electrons. The number of nitrogens with zero attached hydrogens (tertiary/aromatic N) is 3. The van der Waals surface area contributed by atoms with Crippen molar-refractivity contribution in [2.24, 2.45) is 16.7 Å². The number of hydrazone groups is 1. The average molecular weight is 327 g/mol. The highest BCUT2D eigenvalue weighted by atomic mass is 16.5. The minimum absolute atomic E-state index is 0.0574. The third kappa shape index (κ3) is 5.26. The lowest BCUT2D eigenvalue weighted by molar-refractivity contribution is 0.187. The number of hydrogen-bond acceptors (Lipinski definition) is 5. The van der Waals surface area contributed by atoms with Crippen LogP contribution in [0.3, 0.4) is 0 Å². The highest BCUT2D eigenvalue weighted by Gasteiger charge is 2.17. The fourth-order valence-electron chi connectivity index (χ4n) is 2.37. The van der Waals surface area contributed by atoms with Crippen molar-refractivity contribution in [3.8, 4) is 11.5 Å². The van der Waals surface area contributed by atoms with Crippen LogP contribution in [0.25, 0.3) is 0 Å². The normalized spacial score (nSPS) is 12.5. The summed E-state index contributed by atoms with van der Waals surface area (Å²) in [5.41, 5.74) is 6.43. The molecule has 0 saturated heterocycles. The van der Waals surface area contributed by atoms with Gasteiger partial charge in [-0.1, -0.05) is 30.3 Å². The van der Waals surface area contributed by atoms with Crippen LogP contribution >= 0.6 is 0 Å². The Bertz CT molecular complexity index is 628. The van der Waals surface area contributed by atoms with Crippen LogP contribution in [0.15, 0.2) is 59.7 Å². The Morgan fingerprint density at radius 2 is 1.67 bits per heavy atom. The lowest BCUT2D eigenvalue weighted by atomic mass is 10.0. The summed E-state index contributed by atoms with van der Waals surface area (Å²) in [6.07, 6.45) is 2.04. The molecule has 0 amide bonds. The monoisotopic (exact) mass is 327 g/mol. The molecule has 0 fully saturated rings. The number of hydrazine groups is 1. The topological polar surface area (TPSA) is 80.1 Å². The van der Waals surface area contributed by atoms with Gasteiger partial charge in [0, 0.05) is 0 Å². The highest BCUT2D eigenvalue weighted by Crippen LogP contribution is 2.27. The van der Waals surface area contributed by atoms with Crippen molar-refractivity contribution in [1.82, 2.24) is 10.0 Å². The summed E-state index contributed by atoms with van der Waals surface area (Å²) < 4.78 is 5.82. The van der Waals surface area contributed by atoms with Crippen LogP contribution in [0.2, 0.25) is 0 Å². The van der Waals surface area contributed by atoms with E-state index >= 15 is 0 Å². The van der Waals surface area contributed by atoms with Gasteiger partial charge in [0.15, 0.2) is 0 Å². The highest BCUT2D eigenvalue weighted by molar-refractivity contribution is 5.50. The fraction of sp³-hybridized carbons (Fsp3) is 0.278.